The van der Waals surface area contributed by atoms with Gasteiger partial charge < -0.3 is 10.1 Å². The number of hydrogen-bond donors (Lipinski definition) is 1. The predicted octanol–water partition coefficient (Wildman–Crippen LogP) is 4.45. The molecule has 6 nitrogen and oxygen atoms in total. The number of aromatic nitrogens is 2. The summed E-state index contributed by atoms with van der Waals surface area (Å²) < 4.78 is 7.02. The van der Waals surface area contributed by atoms with Gasteiger partial charge in [0, 0.05) is 12.2 Å². The first kappa shape index (κ1) is 20.3. The lowest BCUT2D eigenvalue weighted by Gasteiger charge is -2.29. The number of nitrogens with zero attached hydrogens (tertiary/aromatic N) is 2. The molecule has 156 valence electrons. The SMILES string of the molecule is C[C@H]1CCCC[C@@H]1NC(=O)COC(=O)c1cn(-c2ccccc2)nc1-c1cccs1. The van der Waals surface area contributed by atoms with Crippen LogP contribution in [-0.4, -0.2) is 34.3 Å². The number of benzene rings is 1. The molecule has 0 bridgehead atoms. The number of rotatable bonds is 6. The number of carbonyl (C=O) groups excluding carboxylic acids is 2. The molecule has 7 heteroatoms. The predicted molar refractivity (Wildman–Crippen MR) is 117 cm³/mol. The molecule has 0 unspecified atom stereocenters. The summed E-state index contributed by atoms with van der Waals surface area (Å²) in [4.78, 5) is 26.0. The second-order valence-corrected chi connectivity index (χ2v) is 8.61. The number of thiophene rings is 1. The average Bonchev–Trinajstić information content (AvgIpc) is 3.44. The lowest BCUT2D eigenvalue weighted by Crippen LogP contribution is -2.42. The van der Waals surface area contributed by atoms with E-state index >= 15 is 0 Å². The molecule has 1 aliphatic carbocycles. The van der Waals surface area contributed by atoms with Gasteiger partial charge in [-0.25, -0.2) is 9.48 Å². The maximum Gasteiger partial charge on any atom is 0.342 e. The first-order chi connectivity index (χ1) is 14.6. The maximum atomic E-state index is 12.8. The van der Waals surface area contributed by atoms with Crippen LogP contribution in [0.4, 0.5) is 0 Å². The van der Waals surface area contributed by atoms with Crippen molar-refractivity contribution in [2.75, 3.05) is 6.61 Å². The van der Waals surface area contributed by atoms with Gasteiger partial charge in [0.2, 0.25) is 0 Å². The van der Waals surface area contributed by atoms with Gasteiger partial charge in [-0.1, -0.05) is 44.0 Å². The molecule has 1 saturated carbocycles. The van der Waals surface area contributed by atoms with E-state index in [9.17, 15) is 9.59 Å². The van der Waals surface area contributed by atoms with Gasteiger partial charge >= 0.3 is 5.97 Å². The smallest absolute Gasteiger partial charge is 0.342 e. The van der Waals surface area contributed by atoms with Crippen LogP contribution >= 0.6 is 11.3 Å². The Morgan fingerprint density at radius 1 is 1.17 bits per heavy atom. The summed E-state index contributed by atoms with van der Waals surface area (Å²) in [5.74, 6) is -0.351. The van der Waals surface area contributed by atoms with E-state index in [1.54, 1.807) is 10.9 Å². The quantitative estimate of drug-likeness (QED) is 0.595. The highest BCUT2D eigenvalue weighted by molar-refractivity contribution is 7.13. The molecule has 2 atom stereocenters. The van der Waals surface area contributed by atoms with E-state index in [1.807, 2.05) is 47.8 Å². The summed E-state index contributed by atoms with van der Waals surface area (Å²) in [6.45, 7) is 1.86. The topological polar surface area (TPSA) is 73.2 Å². The zero-order valence-corrected chi connectivity index (χ0v) is 17.7. The Balaban J connectivity index is 1.47. The third kappa shape index (κ3) is 4.62. The molecule has 0 radical (unpaired) electrons. The lowest BCUT2D eigenvalue weighted by molar-refractivity contribution is -0.125. The van der Waals surface area contributed by atoms with Crippen LogP contribution < -0.4 is 5.32 Å². The molecular weight excluding hydrogens is 398 g/mol. The first-order valence-electron chi connectivity index (χ1n) is 10.3. The van der Waals surface area contributed by atoms with Crippen molar-refractivity contribution in [1.29, 1.82) is 0 Å². The highest BCUT2D eigenvalue weighted by Crippen LogP contribution is 2.28. The van der Waals surface area contributed by atoms with Crippen LogP contribution in [0.3, 0.4) is 0 Å². The minimum Gasteiger partial charge on any atom is -0.452 e. The number of hydrogen-bond acceptors (Lipinski definition) is 5. The molecule has 1 amide bonds. The molecule has 4 rings (SSSR count). The van der Waals surface area contributed by atoms with Crippen molar-refractivity contribution in [2.24, 2.45) is 5.92 Å². The van der Waals surface area contributed by atoms with Crippen molar-refractivity contribution in [3.8, 4) is 16.3 Å². The number of nitrogens with one attached hydrogen (secondary N) is 1. The molecule has 30 heavy (non-hydrogen) atoms. The molecular formula is C23H25N3O3S. The summed E-state index contributed by atoms with van der Waals surface area (Å²) in [5, 5.41) is 9.55. The van der Waals surface area contributed by atoms with Crippen molar-refractivity contribution in [3.05, 3.63) is 59.6 Å². The Morgan fingerprint density at radius 2 is 1.97 bits per heavy atom. The number of carbonyl (C=O) groups is 2. The molecule has 3 aromatic rings. The summed E-state index contributed by atoms with van der Waals surface area (Å²) in [6, 6.07) is 13.6. The van der Waals surface area contributed by atoms with Gasteiger partial charge in [0.15, 0.2) is 6.61 Å². The molecule has 0 saturated heterocycles. The van der Waals surface area contributed by atoms with Gasteiger partial charge in [0.25, 0.3) is 5.91 Å². The van der Waals surface area contributed by atoms with Crippen molar-refractivity contribution in [3.63, 3.8) is 0 Å². The fourth-order valence-corrected chi connectivity index (χ4v) is 4.54. The lowest BCUT2D eigenvalue weighted by atomic mass is 9.86. The normalized spacial score (nSPS) is 18.7. The zero-order chi connectivity index (χ0) is 20.9. The van der Waals surface area contributed by atoms with E-state index in [4.69, 9.17) is 4.74 Å². The second kappa shape index (κ2) is 9.26. The summed E-state index contributed by atoms with van der Waals surface area (Å²) in [7, 11) is 0. The number of para-hydroxylation sites is 1. The fourth-order valence-electron chi connectivity index (χ4n) is 3.82. The Labute approximate surface area is 179 Å². The van der Waals surface area contributed by atoms with Crippen molar-refractivity contribution in [1.82, 2.24) is 15.1 Å². The number of esters is 1. The molecule has 0 aliphatic heterocycles. The van der Waals surface area contributed by atoms with E-state index < -0.39 is 5.97 Å². The van der Waals surface area contributed by atoms with Crippen LogP contribution in [0.5, 0.6) is 0 Å². The van der Waals surface area contributed by atoms with Crippen LogP contribution in [0.25, 0.3) is 16.3 Å². The summed E-state index contributed by atoms with van der Waals surface area (Å²) in [6.07, 6.45) is 6.09. The van der Waals surface area contributed by atoms with Crippen LogP contribution in [0.15, 0.2) is 54.0 Å². The highest BCUT2D eigenvalue weighted by Gasteiger charge is 2.25. The standard InChI is InChI=1S/C23H25N3O3S/c1-16-8-5-6-11-19(16)24-21(27)15-29-23(28)18-14-26(17-9-3-2-4-10-17)25-22(18)20-12-7-13-30-20/h2-4,7,9-10,12-14,16,19H,5-6,8,11,15H2,1H3,(H,24,27)/t16-,19-/m0/s1. The summed E-state index contributed by atoms with van der Waals surface area (Å²) >= 11 is 1.50. The Kier molecular flexibility index (Phi) is 6.28. The third-order valence-corrected chi connectivity index (χ3v) is 6.38. The Morgan fingerprint density at radius 3 is 2.70 bits per heavy atom. The van der Waals surface area contributed by atoms with E-state index in [0.29, 0.717) is 17.2 Å². The van der Waals surface area contributed by atoms with Crippen LogP contribution in [0, 0.1) is 5.92 Å². The molecule has 0 spiro atoms. The van der Waals surface area contributed by atoms with E-state index in [-0.39, 0.29) is 18.6 Å². The molecule has 1 fully saturated rings. The zero-order valence-electron chi connectivity index (χ0n) is 16.9. The first-order valence-corrected chi connectivity index (χ1v) is 11.2. The average molecular weight is 424 g/mol. The van der Waals surface area contributed by atoms with Crippen LogP contribution in [-0.2, 0) is 9.53 Å². The molecule has 1 N–H and O–H groups in total. The maximum absolute atomic E-state index is 12.8. The summed E-state index contributed by atoms with van der Waals surface area (Å²) in [5.41, 5.74) is 1.75. The Hall–Kier alpha value is -2.93. The minimum atomic E-state index is -0.549. The molecule has 2 heterocycles. The highest BCUT2D eigenvalue weighted by atomic mass is 32.1. The number of amides is 1. The fraction of sp³-hybridized carbons (Fsp3) is 0.348. The monoisotopic (exact) mass is 423 g/mol. The van der Waals surface area contributed by atoms with Gasteiger partial charge in [-0.15, -0.1) is 11.3 Å². The van der Waals surface area contributed by atoms with Crippen LogP contribution in [0.2, 0.25) is 0 Å². The molecule has 1 aromatic carbocycles. The van der Waals surface area contributed by atoms with E-state index in [1.165, 1.54) is 17.8 Å². The van der Waals surface area contributed by atoms with Gasteiger partial charge in [-0.05, 0) is 42.3 Å². The van der Waals surface area contributed by atoms with Gasteiger partial charge in [0.1, 0.15) is 11.3 Å². The van der Waals surface area contributed by atoms with E-state index in [2.05, 4.69) is 17.3 Å². The van der Waals surface area contributed by atoms with Gasteiger partial charge in [0.05, 0.1) is 10.6 Å². The van der Waals surface area contributed by atoms with Crippen LogP contribution in [0.1, 0.15) is 43.0 Å². The molecule has 2 aromatic heterocycles. The number of ether oxygens (including phenoxy) is 1. The van der Waals surface area contributed by atoms with Gasteiger partial charge in [-0.2, -0.15) is 5.10 Å². The Bertz CT molecular complexity index is 998. The van der Waals surface area contributed by atoms with Crippen molar-refractivity contribution < 1.29 is 14.3 Å². The minimum absolute atomic E-state index is 0.160. The van der Waals surface area contributed by atoms with Crippen molar-refractivity contribution >= 4 is 23.2 Å². The molecule has 1 aliphatic rings. The third-order valence-electron chi connectivity index (χ3n) is 5.50. The second-order valence-electron chi connectivity index (χ2n) is 7.66. The largest absolute Gasteiger partial charge is 0.452 e. The van der Waals surface area contributed by atoms with Crippen molar-refractivity contribution in [2.45, 2.75) is 38.6 Å². The van der Waals surface area contributed by atoms with E-state index in [0.717, 1.165) is 29.8 Å². The van der Waals surface area contributed by atoms with Gasteiger partial charge in [-0.3, -0.25) is 4.79 Å².